The van der Waals surface area contributed by atoms with Crippen LogP contribution < -0.4 is 15.5 Å². The first kappa shape index (κ1) is 18.1. The minimum atomic E-state index is -0.304. The highest BCUT2D eigenvalue weighted by Gasteiger charge is 2.25. The number of aromatic nitrogens is 1. The Hall–Kier alpha value is -2.28. The molecule has 7 heteroatoms. The normalized spacial score (nSPS) is 11.5. The van der Waals surface area contributed by atoms with Gasteiger partial charge >= 0.3 is 6.03 Å². The lowest BCUT2D eigenvalue weighted by Gasteiger charge is -2.29. The van der Waals surface area contributed by atoms with Crippen LogP contribution >= 0.6 is 0 Å². The lowest BCUT2D eigenvalue weighted by atomic mass is 9.83. The van der Waals surface area contributed by atoms with Gasteiger partial charge in [-0.25, -0.2) is 4.79 Å². The number of oxazole rings is 1. The van der Waals surface area contributed by atoms with E-state index in [-0.39, 0.29) is 18.1 Å². The van der Waals surface area contributed by atoms with E-state index in [0.717, 1.165) is 18.4 Å². The van der Waals surface area contributed by atoms with Crippen LogP contribution in [0.1, 0.15) is 26.7 Å². The number of aliphatic hydroxyl groups is 1. The fraction of sp³-hybridized carbons (Fsp3) is 0.529. The highest BCUT2D eigenvalue weighted by atomic mass is 16.4. The summed E-state index contributed by atoms with van der Waals surface area (Å²) in [6, 6.07) is 5.54. The summed E-state index contributed by atoms with van der Waals surface area (Å²) < 4.78 is 5.63. The van der Waals surface area contributed by atoms with Crippen molar-refractivity contribution in [3.8, 4) is 0 Å². The lowest BCUT2D eigenvalue weighted by Crippen LogP contribution is -2.41. The van der Waals surface area contributed by atoms with Crippen LogP contribution in [0.25, 0.3) is 11.1 Å². The molecule has 2 amide bonds. The highest BCUT2D eigenvalue weighted by Crippen LogP contribution is 2.25. The number of hydrogen-bond donors (Lipinski definition) is 3. The molecule has 2 aromatic rings. The maximum absolute atomic E-state index is 12.1. The molecular weight excluding hydrogens is 308 g/mol. The number of nitrogens with one attached hydrogen (secondary N) is 2. The summed E-state index contributed by atoms with van der Waals surface area (Å²) in [6.45, 7) is 4.51. The van der Waals surface area contributed by atoms with Crippen molar-refractivity contribution in [1.82, 2.24) is 10.3 Å². The second-order valence-corrected chi connectivity index (χ2v) is 6.25. The molecule has 1 aromatic heterocycles. The molecule has 0 aliphatic carbocycles. The molecule has 24 heavy (non-hydrogen) atoms. The first-order valence-corrected chi connectivity index (χ1v) is 8.16. The number of nitrogens with zero attached hydrogens (tertiary/aromatic N) is 2. The van der Waals surface area contributed by atoms with Crippen LogP contribution in [0.2, 0.25) is 0 Å². The van der Waals surface area contributed by atoms with Gasteiger partial charge in [-0.2, -0.15) is 4.98 Å². The SMILES string of the molecule is CCC(CC)(CO)CNC(=O)Nc1ccc2nc(N(C)C)oc2c1. The molecule has 0 radical (unpaired) electrons. The van der Waals surface area contributed by atoms with Gasteiger partial charge in [-0.1, -0.05) is 13.8 Å². The van der Waals surface area contributed by atoms with E-state index < -0.39 is 0 Å². The van der Waals surface area contributed by atoms with E-state index in [1.54, 1.807) is 23.1 Å². The van der Waals surface area contributed by atoms with Crippen molar-refractivity contribution in [3.63, 3.8) is 0 Å². The second-order valence-electron chi connectivity index (χ2n) is 6.25. The highest BCUT2D eigenvalue weighted by molar-refractivity contribution is 5.91. The van der Waals surface area contributed by atoms with E-state index in [2.05, 4.69) is 15.6 Å². The number of carbonyl (C=O) groups is 1. The van der Waals surface area contributed by atoms with Gasteiger partial charge in [0.15, 0.2) is 5.58 Å². The van der Waals surface area contributed by atoms with Crippen LogP contribution in [0, 0.1) is 5.41 Å². The minimum Gasteiger partial charge on any atom is -0.423 e. The smallest absolute Gasteiger partial charge is 0.319 e. The predicted octanol–water partition coefficient (Wildman–Crippen LogP) is 2.81. The van der Waals surface area contributed by atoms with Crippen molar-refractivity contribution in [2.75, 3.05) is 37.5 Å². The summed E-state index contributed by atoms with van der Waals surface area (Å²) in [5.74, 6) is 0. The predicted molar refractivity (Wildman–Crippen MR) is 95.5 cm³/mol. The van der Waals surface area contributed by atoms with Crippen LogP contribution in [0.5, 0.6) is 0 Å². The van der Waals surface area contributed by atoms with Crippen LogP contribution in [0.3, 0.4) is 0 Å². The number of amides is 2. The third-order valence-corrected chi connectivity index (χ3v) is 4.48. The molecule has 0 fully saturated rings. The monoisotopic (exact) mass is 334 g/mol. The number of hydrogen-bond acceptors (Lipinski definition) is 5. The Balaban J connectivity index is 2.02. The van der Waals surface area contributed by atoms with Gasteiger partial charge in [0.25, 0.3) is 6.01 Å². The second kappa shape index (κ2) is 7.53. The van der Waals surface area contributed by atoms with E-state index in [9.17, 15) is 9.90 Å². The number of benzene rings is 1. The quantitative estimate of drug-likeness (QED) is 0.724. The molecule has 0 aliphatic rings. The minimum absolute atomic E-state index is 0.0532. The van der Waals surface area contributed by atoms with Crippen molar-refractivity contribution in [1.29, 1.82) is 0 Å². The summed E-state index contributed by atoms with van der Waals surface area (Å²) in [6.07, 6.45) is 1.61. The van der Waals surface area contributed by atoms with Crippen molar-refractivity contribution in [2.24, 2.45) is 5.41 Å². The zero-order valence-corrected chi connectivity index (χ0v) is 14.7. The number of aliphatic hydroxyl groups excluding tert-OH is 1. The number of carbonyl (C=O) groups excluding carboxylic acids is 1. The first-order valence-electron chi connectivity index (χ1n) is 8.16. The Bertz CT molecular complexity index is 684. The molecule has 0 saturated heterocycles. The lowest BCUT2D eigenvalue weighted by molar-refractivity contribution is 0.116. The summed E-state index contributed by atoms with van der Waals surface area (Å²) >= 11 is 0. The first-order chi connectivity index (χ1) is 11.4. The van der Waals surface area contributed by atoms with Crippen LogP contribution in [0.15, 0.2) is 22.6 Å². The van der Waals surface area contributed by atoms with E-state index in [4.69, 9.17) is 4.42 Å². The molecule has 7 nitrogen and oxygen atoms in total. The standard InChI is InChI=1S/C17H26N4O3/c1-5-17(6-2,11-22)10-18-15(23)19-12-7-8-13-14(9-12)24-16(20-13)21(3)4/h7-9,22H,5-6,10-11H2,1-4H3,(H2,18,19,23). The Morgan fingerprint density at radius 2 is 2.04 bits per heavy atom. The molecule has 0 atom stereocenters. The summed E-state index contributed by atoms with van der Waals surface area (Å²) in [5, 5.41) is 15.2. The molecule has 1 heterocycles. The van der Waals surface area contributed by atoms with Gasteiger partial charge in [0.2, 0.25) is 0 Å². The van der Waals surface area contributed by atoms with Crippen molar-refractivity contribution >= 4 is 28.8 Å². The van der Waals surface area contributed by atoms with Gasteiger partial charge in [0.05, 0.1) is 6.61 Å². The van der Waals surface area contributed by atoms with E-state index in [0.29, 0.717) is 23.8 Å². The van der Waals surface area contributed by atoms with Gasteiger partial charge < -0.3 is 25.1 Å². The molecule has 132 valence electrons. The van der Waals surface area contributed by atoms with Crippen molar-refractivity contribution in [2.45, 2.75) is 26.7 Å². The Morgan fingerprint density at radius 1 is 1.33 bits per heavy atom. The molecular formula is C17H26N4O3. The summed E-state index contributed by atoms with van der Waals surface area (Å²) in [4.78, 5) is 18.2. The van der Waals surface area contributed by atoms with Gasteiger partial charge in [0, 0.05) is 37.8 Å². The molecule has 0 spiro atoms. The maximum Gasteiger partial charge on any atom is 0.319 e. The van der Waals surface area contributed by atoms with E-state index in [1.165, 1.54) is 0 Å². The number of fused-ring (bicyclic) bond motifs is 1. The average Bonchev–Trinajstić information content (AvgIpc) is 3.00. The molecule has 0 saturated carbocycles. The Labute approximate surface area is 142 Å². The molecule has 0 aliphatic heterocycles. The zero-order valence-electron chi connectivity index (χ0n) is 14.7. The zero-order chi connectivity index (χ0) is 17.7. The van der Waals surface area contributed by atoms with Gasteiger partial charge in [-0.15, -0.1) is 0 Å². The van der Waals surface area contributed by atoms with Crippen LogP contribution in [-0.2, 0) is 0 Å². The third-order valence-electron chi connectivity index (χ3n) is 4.48. The van der Waals surface area contributed by atoms with Gasteiger partial charge in [-0.05, 0) is 25.0 Å². The Kier molecular flexibility index (Phi) is 5.66. The van der Waals surface area contributed by atoms with Crippen LogP contribution in [0.4, 0.5) is 16.5 Å². The molecule has 0 bridgehead atoms. The third kappa shape index (κ3) is 3.97. The van der Waals surface area contributed by atoms with E-state index >= 15 is 0 Å². The van der Waals surface area contributed by atoms with E-state index in [1.807, 2.05) is 27.9 Å². The number of rotatable bonds is 7. The van der Waals surface area contributed by atoms with Crippen LogP contribution in [-0.4, -0.2) is 43.4 Å². The maximum atomic E-state index is 12.1. The fourth-order valence-electron chi connectivity index (χ4n) is 2.40. The average molecular weight is 334 g/mol. The molecule has 2 rings (SSSR count). The van der Waals surface area contributed by atoms with Gasteiger partial charge in [-0.3, -0.25) is 0 Å². The van der Waals surface area contributed by atoms with Crippen molar-refractivity contribution < 1.29 is 14.3 Å². The largest absolute Gasteiger partial charge is 0.423 e. The number of anilines is 2. The Morgan fingerprint density at radius 3 is 2.62 bits per heavy atom. The summed E-state index contributed by atoms with van der Waals surface area (Å²) in [7, 11) is 3.71. The van der Waals surface area contributed by atoms with Gasteiger partial charge in [0.1, 0.15) is 5.52 Å². The number of urea groups is 1. The fourth-order valence-corrected chi connectivity index (χ4v) is 2.40. The topological polar surface area (TPSA) is 90.6 Å². The molecule has 1 aromatic carbocycles. The summed E-state index contributed by atoms with van der Waals surface area (Å²) in [5.41, 5.74) is 1.71. The molecule has 3 N–H and O–H groups in total. The van der Waals surface area contributed by atoms with Crippen molar-refractivity contribution in [3.05, 3.63) is 18.2 Å². The molecule has 0 unspecified atom stereocenters.